The van der Waals surface area contributed by atoms with Crippen LogP contribution in [-0.2, 0) is 16.1 Å². The maximum absolute atomic E-state index is 12.9. The average molecular weight is 480 g/mol. The predicted molar refractivity (Wildman–Crippen MR) is 131 cm³/mol. The van der Waals surface area contributed by atoms with E-state index in [4.69, 9.17) is 4.74 Å². The van der Waals surface area contributed by atoms with Crippen LogP contribution in [0.4, 0.5) is 5.13 Å². The minimum atomic E-state index is -0.462. The van der Waals surface area contributed by atoms with Crippen LogP contribution in [-0.4, -0.2) is 37.8 Å². The van der Waals surface area contributed by atoms with Crippen molar-refractivity contribution in [1.82, 2.24) is 19.3 Å². The summed E-state index contributed by atoms with van der Waals surface area (Å²) in [5.41, 5.74) is 3.41. The molecule has 0 fully saturated rings. The zero-order valence-electron chi connectivity index (χ0n) is 19.4. The van der Waals surface area contributed by atoms with Crippen molar-refractivity contribution in [2.45, 2.75) is 40.7 Å². The number of aryl methyl sites for hydroxylation is 4. The SMILES string of the molecule is CCOC(=O)c1sc(NC(=O)CCn2c(=O)cc(C)c3c(C)nn(-c4ccccc4)c32)nc1C. The fraction of sp³-hybridized carbons (Fsp3) is 0.292. The van der Waals surface area contributed by atoms with Gasteiger partial charge in [0, 0.05) is 24.4 Å². The van der Waals surface area contributed by atoms with Gasteiger partial charge < -0.3 is 10.1 Å². The second-order valence-corrected chi connectivity index (χ2v) is 8.80. The molecule has 0 bridgehead atoms. The number of amides is 1. The smallest absolute Gasteiger partial charge is 0.350 e. The quantitative estimate of drug-likeness (QED) is 0.404. The summed E-state index contributed by atoms with van der Waals surface area (Å²) in [7, 11) is 0. The number of hydrogen-bond acceptors (Lipinski definition) is 7. The van der Waals surface area contributed by atoms with Gasteiger partial charge in [0.15, 0.2) is 5.13 Å². The molecular formula is C24H25N5O4S. The van der Waals surface area contributed by atoms with Crippen molar-refractivity contribution in [3.63, 3.8) is 0 Å². The molecule has 0 aliphatic heterocycles. The Kier molecular flexibility index (Phi) is 6.60. The van der Waals surface area contributed by atoms with E-state index in [1.165, 1.54) is 0 Å². The van der Waals surface area contributed by atoms with Gasteiger partial charge >= 0.3 is 5.97 Å². The van der Waals surface area contributed by atoms with Crippen molar-refractivity contribution in [2.24, 2.45) is 0 Å². The van der Waals surface area contributed by atoms with Crippen molar-refractivity contribution >= 4 is 39.4 Å². The van der Waals surface area contributed by atoms with Gasteiger partial charge in [0.25, 0.3) is 5.56 Å². The third-order valence-corrected chi connectivity index (χ3v) is 6.41. The Morgan fingerprint density at radius 1 is 1.12 bits per heavy atom. The first kappa shape index (κ1) is 23.4. The van der Waals surface area contributed by atoms with Gasteiger partial charge in [0.2, 0.25) is 5.91 Å². The number of para-hydroxylation sites is 1. The van der Waals surface area contributed by atoms with E-state index in [1.807, 2.05) is 44.2 Å². The summed E-state index contributed by atoms with van der Waals surface area (Å²) in [6, 6.07) is 11.1. The lowest BCUT2D eigenvalue weighted by Crippen LogP contribution is -2.25. The van der Waals surface area contributed by atoms with Crippen LogP contribution >= 0.6 is 11.3 Å². The highest BCUT2D eigenvalue weighted by molar-refractivity contribution is 7.17. The summed E-state index contributed by atoms with van der Waals surface area (Å²) >= 11 is 1.07. The minimum absolute atomic E-state index is 0.0461. The predicted octanol–water partition coefficient (Wildman–Crippen LogP) is 3.77. The summed E-state index contributed by atoms with van der Waals surface area (Å²) in [5.74, 6) is -0.775. The van der Waals surface area contributed by atoms with Gasteiger partial charge in [-0.25, -0.2) is 14.5 Å². The highest BCUT2D eigenvalue weighted by Crippen LogP contribution is 2.25. The number of hydrogen-bond donors (Lipinski definition) is 1. The molecule has 0 atom stereocenters. The van der Waals surface area contributed by atoms with E-state index in [9.17, 15) is 14.4 Å². The lowest BCUT2D eigenvalue weighted by atomic mass is 10.1. The van der Waals surface area contributed by atoms with Crippen molar-refractivity contribution in [3.05, 3.63) is 68.6 Å². The summed E-state index contributed by atoms with van der Waals surface area (Å²) in [6.07, 6.45) is 0.0461. The van der Waals surface area contributed by atoms with Crippen LogP contribution in [0.3, 0.4) is 0 Å². The molecule has 0 saturated heterocycles. The maximum atomic E-state index is 12.9. The summed E-state index contributed by atoms with van der Waals surface area (Å²) in [6.45, 7) is 7.63. The Bertz CT molecular complexity index is 1440. The molecule has 1 amide bonds. The van der Waals surface area contributed by atoms with Gasteiger partial charge in [-0.3, -0.25) is 14.2 Å². The number of thiazole rings is 1. The Labute approximate surface area is 200 Å². The molecule has 4 rings (SSSR count). The molecule has 34 heavy (non-hydrogen) atoms. The summed E-state index contributed by atoms with van der Waals surface area (Å²) in [4.78, 5) is 42.2. The first-order valence-corrected chi connectivity index (χ1v) is 11.7. The third kappa shape index (κ3) is 4.49. The molecule has 176 valence electrons. The number of aromatic nitrogens is 4. The topological polar surface area (TPSA) is 108 Å². The molecule has 1 N–H and O–H groups in total. The average Bonchev–Trinajstić information content (AvgIpc) is 3.34. The van der Waals surface area contributed by atoms with E-state index in [1.54, 1.807) is 29.2 Å². The molecule has 9 nitrogen and oxygen atoms in total. The molecule has 0 unspecified atom stereocenters. The highest BCUT2D eigenvalue weighted by Gasteiger charge is 2.19. The molecule has 0 aliphatic rings. The monoisotopic (exact) mass is 479 g/mol. The Morgan fingerprint density at radius 2 is 1.85 bits per heavy atom. The molecular weight excluding hydrogens is 454 g/mol. The fourth-order valence-electron chi connectivity index (χ4n) is 3.86. The molecule has 3 aromatic heterocycles. The van der Waals surface area contributed by atoms with E-state index >= 15 is 0 Å². The van der Waals surface area contributed by atoms with Crippen LogP contribution in [0.2, 0.25) is 0 Å². The number of nitrogens with one attached hydrogen (secondary N) is 1. The fourth-order valence-corrected chi connectivity index (χ4v) is 4.74. The zero-order valence-corrected chi connectivity index (χ0v) is 20.2. The first-order valence-electron chi connectivity index (χ1n) is 10.9. The van der Waals surface area contributed by atoms with E-state index in [0.29, 0.717) is 21.3 Å². The van der Waals surface area contributed by atoms with E-state index in [0.717, 1.165) is 33.7 Å². The van der Waals surface area contributed by atoms with Crippen LogP contribution < -0.4 is 10.9 Å². The van der Waals surface area contributed by atoms with Crippen LogP contribution in [0.25, 0.3) is 16.7 Å². The van der Waals surface area contributed by atoms with Gasteiger partial charge in [-0.15, -0.1) is 0 Å². The number of pyridine rings is 1. The Balaban J connectivity index is 1.61. The van der Waals surface area contributed by atoms with Gasteiger partial charge in [-0.05, 0) is 45.4 Å². The van der Waals surface area contributed by atoms with Crippen LogP contribution in [0.1, 0.15) is 40.0 Å². The number of benzene rings is 1. The van der Waals surface area contributed by atoms with Gasteiger partial charge in [-0.1, -0.05) is 29.5 Å². The molecule has 1 aromatic carbocycles. The summed E-state index contributed by atoms with van der Waals surface area (Å²) in [5, 5.41) is 8.59. The zero-order chi connectivity index (χ0) is 24.4. The number of fused-ring (bicyclic) bond motifs is 1. The number of rotatable bonds is 7. The van der Waals surface area contributed by atoms with Crippen LogP contribution in [0.5, 0.6) is 0 Å². The number of anilines is 1. The Morgan fingerprint density at radius 3 is 2.56 bits per heavy atom. The van der Waals surface area contributed by atoms with E-state index in [2.05, 4.69) is 15.4 Å². The maximum Gasteiger partial charge on any atom is 0.350 e. The number of carbonyl (C=O) groups excluding carboxylic acids is 2. The van der Waals surface area contributed by atoms with Crippen LogP contribution in [0, 0.1) is 20.8 Å². The first-order chi connectivity index (χ1) is 16.3. The number of nitrogens with zero attached hydrogens (tertiary/aromatic N) is 4. The second kappa shape index (κ2) is 9.60. The van der Waals surface area contributed by atoms with Crippen molar-refractivity contribution in [1.29, 1.82) is 0 Å². The lowest BCUT2D eigenvalue weighted by Gasteiger charge is -2.12. The second-order valence-electron chi connectivity index (χ2n) is 7.80. The standard InChI is InChI=1S/C24H25N5O4S/c1-5-33-23(32)21-16(4)25-24(34-21)26-18(30)11-12-28-19(31)13-14(2)20-15(3)27-29(22(20)28)17-9-7-6-8-10-17/h6-10,13H,5,11-12H2,1-4H3,(H,25,26,30). The van der Waals surface area contributed by atoms with Gasteiger partial charge in [0.05, 0.1) is 23.7 Å². The number of esters is 1. The minimum Gasteiger partial charge on any atom is -0.462 e. The van der Waals surface area contributed by atoms with Crippen LogP contribution in [0.15, 0.2) is 41.2 Å². The molecule has 0 saturated carbocycles. The third-order valence-electron chi connectivity index (χ3n) is 5.36. The Hall–Kier alpha value is -3.79. The molecule has 0 spiro atoms. The molecule has 0 radical (unpaired) electrons. The summed E-state index contributed by atoms with van der Waals surface area (Å²) < 4.78 is 8.34. The molecule has 10 heteroatoms. The molecule has 4 aromatic rings. The normalized spacial score (nSPS) is 11.1. The van der Waals surface area contributed by atoms with Crippen molar-refractivity contribution in [2.75, 3.05) is 11.9 Å². The lowest BCUT2D eigenvalue weighted by molar-refractivity contribution is -0.116. The van der Waals surface area contributed by atoms with Gasteiger partial charge in [0.1, 0.15) is 10.5 Å². The highest BCUT2D eigenvalue weighted by atomic mass is 32.1. The van der Waals surface area contributed by atoms with Crippen molar-refractivity contribution < 1.29 is 14.3 Å². The largest absolute Gasteiger partial charge is 0.462 e. The van der Waals surface area contributed by atoms with Crippen molar-refractivity contribution in [3.8, 4) is 5.69 Å². The number of ether oxygens (including phenoxy) is 1. The van der Waals surface area contributed by atoms with Gasteiger partial charge in [-0.2, -0.15) is 5.10 Å². The molecule has 0 aliphatic carbocycles. The number of carbonyl (C=O) groups is 2. The van der Waals surface area contributed by atoms with E-state index in [-0.39, 0.29) is 31.0 Å². The molecule has 3 heterocycles. The van der Waals surface area contributed by atoms with E-state index < -0.39 is 5.97 Å².